The van der Waals surface area contributed by atoms with Crippen molar-refractivity contribution in [2.75, 3.05) is 11.9 Å². The fourth-order valence-electron chi connectivity index (χ4n) is 3.23. The normalized spacial score (nSPS) is 19.9. The van der Waals surface area contributed by atoms with Gasteiger partial charge in [-0.2, -0.15) is 0 Å². The molecule has 0 atom stereocenters. The van der Waals surface area contributed by atoms with Crippen molar-refractivity contribution in [1.29, 1.82) is 0 Å². The molecule has 0 unspecified atom stereocenters. The number of nitrogens with one attached hydrogen (secondary N) is 2. The van der Waals surface area contributed by atoms with Crippen LogP contribution in [0.5, 0.6) is 0 Å². The molecule has 1 amide bonds. The van der Waals surface area contributed by atoms with E-state index in [1.807, 2.05) is 52.0 Å². The highest BCUT2D eigenvalue weighted by Crippen LogP contribution is 2.27. The van der Waals surface area contributed by atoms with E-state index in [1.165, 1.54) is 0 Å². The van der Waals surface area contributed by atoms with Crippen molar-refractivity contribution in [2.24, 2.45) is 5.92 Å². The number of hydrogen-bond donors (Lipinski definition) is 2. The van der Waals surface area contributed by atoms with Gasteiger partial charge in [-0.15, -0.1) is 0 Å². The first-order chi connectivity index (χ1) is 12.8. The maximum absolute atomic E-state index is 11.8. The van der Waals surface area contributed by atoms with Gasteiger partial charge in [-0.25, -0.2) is 4.79 Å². The Morgan fingerprint density at radius 2 is 1.85 bits per heavy atom. The van der Waals surface area contributed by atoms with Crippen LogP contribution in [0.15, 0.2) is 24.3 Å². The lowest BCUT2D eigenvalue weighted by molar-refractivity contribution is -0.149. The summed E-state index contributed by atoms with van der Waals surface area (Å²) in [5.74, 6) is -0.0291. The molecule has 0 aliphatic heterocycles. The smallest absolute Gasteiger partial charge is 0.407 e. The predicted octanol–water partition coefficient (Wildman–Crippen LogP) is 4.25. The van der Waals surface area contributed by atoms with Gasteiger partial charge in [-0.05, 0) is 71.1 Å². The Balaban J connectivity index is 1.80. The standard InChI is InChI=1S/C21H32N2O4/c1-5-26-19(24)16-9-11-17(12-10-16)23-18-8-6-7-15(13-18)14-22-20(25)27-21(2,3)4/h6-8,13,16-17,23H,5,9-12,14H2,1-4H3,(H,22,25). The SMILES string of the molecule is CCOC(=O)C1CCC(Nc2cccc(CNC(=O)OC(C)(C)C)c2)CC1. The van der Waals surface area contributed by atoms with Crippen molar-refractivity contribution in [3.63, 3.8) is 0 Å². The van der Waals surface area contributed by atoms with E-state index in [9.17, 15) is 9.59 Å². The highest BCUT2D eigenvalue weighted by atomic mass is 16.6. The Kier molecular flexibility index (Phi) is 7.51. The number of esters is 1. The molecule has 0 aromatic heterocycles. The number of amides is 1. The van der Waals surface area contributed by atoms with Gasteiger partial charge in [0.05, 0.1) is 12.5 Å². The van der Waals surface area contributed by atoms with E-state index in [1.54, 1.807) is 0 Å². The number of benzene rings is 1. The van der Waals surface area contributed by atoms with Crippen molar-refractivity contribution in [1.82, 2.24) is 5.32 Å². The van der Waals surface area contributed by atoms with Crippen molar-refractivity contribution in [3.05, 3.63) is 29.8 Å². The minimum Gasteiger partial charge on any atom is -0.466 e. The van der Waals surface area contributed by atoms with Gasteiger partial charge >= 0.3 is 12.1 Å². The Hall–Kier alpha value is -2.24. The molecule has 0 heterocycles. The van der Waals surface area contributed by atoms with Gasteiger partial charge in [0.1, 0.15) is 5.60 Å². The summed E-state index contributed by atoms with van der Waals surface area (Å²) in [7, 11) is 0. The van der Waals surface area contributed by atoms with Gasteiger partial charge in [0, 0.05) is 18.3 Å². The molecule has 6 nitrogen and oxygen atoms in total. The summed E-state index contributed by atoms with van der Waals surface area (Å²) in [6.07, 6.45) is 3.19. The number of ether oxygens (including phenoxy) is 2. The first-order valence-corrected chi connectivity index (χ1v) is 9.76. The third-order valence-corrected chi connectivity index (χ3v) is 4.48. The van der Waals surface area contributed by atoms with Crippen molar-refractivity contribution in [2.45, 2.75) is 71.6 Å². The van der Waals surface area contributed by atoms with Crippen LogP contribution in [-0.4, -0.2) is 30.3 Å². The molecule has 1 aliphatic rings. The summed E-state index contributed by atoms with van der Waals surface area (Å²) in [5.41, 5.74) is 1.53. The number of anilines is 1. The van der Waals surface area contributed by atoms with Gasteiger partial charge < -0.3 is 20.1 Å². The maximum atomic E-state index is 11.8. The van der Waals surface area contributed by atoms with Crippen molar-refractivity contribution < 1.29 is 19.1 Å². The number of alkyl carbamates (subject to hydrolysis) is 1. The molecular weight excluding hydrogens is 344 g/mol. The quantitative estimate of drug-likeness (QED) is 0.726. The van der Waals surface area contributed by atoms with Crippen LogP contribution in [0.4, 0.5) is 10.5 Å². The molecule has 1 saturated carbocycles. The maximum Gasteiger partial charge on any atom is 0.407 e. The zero-order chi connectivity index (χ0) is 19.9. The molecule has 2 rings (SSSR count). The number of carbonyl (C=O) groups excluding carboxylic acids is 2. The molecule has 27 heavy (non-hydrogen) atoms. The van der Waals surface area contributed by atoms with Gasteiger partial charge in [0.15, 0.2) is 0 Å². The van der Waals surface area contributed by atoms with Crippen LogP contribution in [-0.2, 0) is 20.8 Å². The molecule has 6 heteroatoms. The van der Waals surface area contributed by atoms with E-state index in [0.29, 0.717) is 19.2 Å². The van der Waals surface area contributed by atoms with Gasteiger partial charge in [0.25, 0.3) is 0 Å². The number of hydrogen-bond acceptors (Lipinski definition) is 5. The Labute approximate surface area is 162 Å². The molecule has 2 N–H and O–H groups in total. The Bertz CT molecular complexity index is 631. The second-order valence-corrected chi connectivity index (χ2v) is 8.00. The van der Waals surface area contributed by atoms with Crippen molar-refractivity contribution in [3.8, 4) is 0 Å². The second kappa shape index (κ2) is 9.62. The third kappa shape index (κ3) is 7.49. The summed E-state index contributed by atoms with van der Waals surface area (Å²) >= 11 is 0. The number of rotatable bonds is 6. The average molecular weight is 376 g/mol. The Morgan fingerprint density at radius 1 is 1.15 bits per heavy atom. The van der Waals surface area contributed by atoms with E-state index in [2.05, 4.69) is 10.6 Å². The summed E-state index contributed by atoms with van der Waals surface area (Å²) in [5, 5.41) is 6.32. The molecule has 1 fully saturated rings. The van der Waals surface area contributed by atoms with E-state index < -0.39 is 11.7 Å². The minimum absolute atomic E-state index is 0.0346. The molecule has 150 valence electrons. The van der Waals surface area contributed by atoms with Crippen LogP contribution in [0.3, 0.4) is 0 Å². The number of carbonyl (C=O) groups is 2. The van der Waals surface area contributed by atoms with Gasteiger partial charge in [-0.1, -0.05) is 12.1 Å². The van der Waals surface area contributed by atoms with Crippen molar-refractivity contribution >= 4 is 17.7 Å². The van der Waals surface area contributed by atoms with E-state index in [4.69, 9.17) is 9.47 Å². The van der Waals surface area contributed by atoms with E-state index in [-0.39, 0.29) is 11.9 Å². The highest BCUT2D eigenvalue weighted by Gasteiger charge is 2.27. The fraction of sp³-hybridized carbons (Fsp3) is 0.619. The van der Waals surface area contributed by atoms with Gasteiger partial charge in [-0.3, -0.25) is 4.79 Å². The lowest BCUT2D eigenvalue weighted by Gasteiger charge is -2.28. The summed E-state index contributed by atoms with van der Waals surface area (Å²) < 4.78 is 10.4. The molecule has 0 bridgehead atoms. The zero-order valence-electron chi connectivity index (χ0n) is 16.8. The monoisotopic (exact) mass is 376 g/mol. The fourth-order valence-corrected chi connectivity index (χ4v) is 3.23. The van der Waals surface area contributed by atoms with Crippen LogP contribution < -0.4 is 10.6 Å². The van der Waals surface area contributed by atoms with E-state index in [0.717, 1.165) is 36.9 Å². The lowest BCUT2D eigenvalue weighted by Crippen LogP contribution is -2.32. The molecule has 1 aromatic rings. The predicted molar refractivity (Wildman–Crippen MR) is 106 cm³/mol. The van der Waals surface area contributed by atoms with Gasteiger partial charge in [0.2, 0.25) is 0 Å². The molecule has 0 radical (unpaired) electrons. The van der Waals surface area contributed by atoms with Crippen LogP contribution in [0.1, 0.15) is 58.9 Å². The molecule has 0 saturated heterocycles. The van der Waals surface area contributed by atoms with Crippen LogP contribution in [0.25, 0.3) is 0 Å². The van der Waals surface area contributed by atoms with Crippen LogP contribution in [0.2, 0.25) is 0 Å². The summed E-state index contributed by atoms with van der Waals surface area (Å²) in [4.78, 5) is 23.6. The first kappa shape index (κ1) is 21.1. The topological polar surface area (TPSA) is 76.7 Å². The zero-order valence-corrected chi connectivity index (χ0v) is 16.8. The first-order valence-electron chi connectivity index (χ1n) is 9.76. The van der Waals surface area contributed by atoms with Crippen LogP contribution >= 0.6 is 0 Å². The highest BCUT2D eigenvalue weighted by molar-refractivity contribution is 5.72. The largest absolute Gasteiger partial charge is 0.466 e. The van der Waals surface area contributed by atoms with Crippen LogP contribution in [0, 0.1) is 5.92 Å². The Morgan fingerprint density at radius 3 is 2.48 bits per heavy atom. The third-order valence-electron chi connectivity index (χ3n) is 4.48. The molecule has 0 spiro atoms. The van der Waals surface area contributed by atoms with E-state index >= 15 is 0 Å². The second-order valence-electron chi connectivity index (χ2n) is 8.00. The molecule has 1 aromatic carbocycles. The average Bonchev–Trinajstić information content (AvgIpc) is 2.60. The summed E-state index contributed by atoms with van der Waals surface area (Å²) in [6.45, 7) is 8.23. The summed E-state index contributed by atoms with van der Waals surface area (Å²) in [6, 6.07) is 8.35. The molecule has 1 aliphatic carbocycles. The minimum atomic E-state index is -0.504. The molecular formula is C21H32N2O4. The lowest BCUT2D eigenvalue weighted by atomic mass is 9.86.